The van der Waals surface area contributed by atoms with Crippen LogP contribution >= 0.6 is 0 Å². The van der Waals surface area contributed by atoms with Crippen LogP contribution < -0.4 is 0 Å². The molecule has 0 aromatic heterocycles. The van der Waals surface area contributed by atoms with Gasteiger partial charge in [-0.2, -0.15) is 0 Å². The molecule has 1 aromatic carbocycles. The lowest BCUT2D eigenvalue weighted by Crippen LogP contribution is -2.31. The van der Waals surface area contributed by atoms with Gasteiger partial charge in [-0.05, 0) is 25.8 Å². The molecule has 0 aliphatic rings. The first-order valence-corrected chi connectivity index (χ1v) is 7.08. The zero-order chi connectivity index (χ0) is 12.2. The average Bonchev–Trinajstić information content (AvgIpc) is 2.27. The van der Waals surface area contributed by atoms with Crippen LogP contribution in [0, 0.1) is 0 Å². The van der Waals surface area contributed by atoms with Gasteiger partial charge in [-0.15, -0.1) is 0 Å². The minimum atomic E-state index is -3.21. The molecule has 1 aromatic rings. The van der Waals surface area contributed by atoms with E-state index in [0.717, 1.165) is 5.56 Å². The first kappa shape index (κ1) is 13.2. The molecule has 0 amide bonds. The molecule has 2 unspecified atom stereocenters. The first-order chi connectivity index (χ1) is 7.43. The summed E-state index contributed by atoms with van der Waals surface area (Å²) in [5.41, 5.74) is 1.00. The number of benzene rings is 1. The lowest BCUT2D eigenvalue weighted by Gasteiger charge is -2.15. The van der Waals surface area contributed by atoms with Crippen LogP contribution in [0.3, 0.4) is 0 Å². The summed E-state index contributed by atoms with van der Waals surface area (Å²) in [5.74, 6) is 0.0864. The molecule has 1 N–H and O–H groups in total. The average molecular weight is 242 g/mol. The van der Waals surface area contributed by atoms with Crippen LogP contribution in [-0.4, -0.2) is 30.6 Å². The van der Waals surface area contributed by atoms with Crippen molar-refractivity contribution in [1.82, 2.24) is 0 Å². The maximum absolute atomic E-state index is 11.8. The molecule has 1 rings (SSSR count). The van der Waals surface area contributed by atoms with Gasteiger partial charge in [0.25, 0.3) is 0 Å². The highest BCUT2D eigenvalue weighted by Gasteiger charge is 2.24. The van der Waals surface area contributed by atoms with Crippen molar-refractivity contribution in [1.29, 1.82) is 0 Å². The predicted octanol–water partition coefficient (Wildman–Crippen LogP) is 1.41. The third-order valence-corrected chi connectivity index (χ3v) is 5.06. The van der Waals surface area contributed by atoms with Gasteiger partial charge in [-0.1, -0.05) is 30.3 Å². The van der Waals surface area contributed by atoms with Crippen LogP contribution in [0.1, 0.15) is 19.4 Å². The molecule has 2 atom stereocenters. The first-order valence-electron chi connectivity index (χ1n) is 5.37. The fourth-order valence-electron chi connectivity index (χ4n) is 1.39. The molecule has 16 heavy (non-hydrogen) atoms. The summed E-state index contributed by atoms with van der Waals surface area (Å²) < 4.78 is 23.6. The molecule has 0 bridgehead atoms. The third-order valence-electron chi connectivity index (χ3n) is 2.76. The second-order valence-electron chi connectivity index (χ2n) is 4.05. The quantitative estimate of drug-likeness (QED) is 0.849. The van der Waals surface area contributed by atoms with Crippen molar-refractivity contribution < 1.29 is 13.5 Å². The summed E-state index contributed by atoms with van der Waals surface area (Å²) in [6.45, 7) is 3.05. The van der Waals surface area contributed by atoms with Crippen LogP contribution in [-0.2, 0) is 16.3 Å². The number of aliphatic hydroxyl groups is 1. The highest BCUT2D eigenvalue weighted by Crippen LogP contribution is 2.10. The number of sulfone groups is 1. The highest BCUT2D eigenvalue weighted by atomic mass is 32.2. The van der Waals surface area contributed by atoms with E-state index in [2.05, 4.69) is 0 Å². The van der Waals surface area contributed by atoms with E-state index in [9.17, 15) is 13.5 Å². The van der Waals surface area contributed by atoms with Crippen LogP contribution in [0.4, 0.5) is 0 Å². The number of hydrogen-bond acceptors (Lipinski definition) is 3. The molecule has 90 valence electrons. The Hall–Kier alpha value is -0.870. The Labute approximate surface area is 97.0 Å². The van der Waals surface area contributed by atoms with E-state index in [1.54, 1.807) is 6.92 Å². The van der Waals surface area contributed by atoms with Crippen molar-refractivity contribution in [3.05, 3.63) is 35.9 Å². The molecule has 0 aliphatic heterocycles. The van der Waals surface area contributed by atoms with E-state index in [-0.39, 0.29) is 5.75 Å². The number of hydrogen-bond donors (Lipinski definition) is 1. The predicted molar refractivity (Wildman–Crippen MR) is 65.1 cm³/mol. The van der Waals surface area contributed by atoms with Crippen LogP contribution in [0.15, 0.2) is 30.3 Å². The molecule has 0 radical (unpaired) electrons. The van der Waals surface area contributed by atoms with Crippen molar-refractivity contribution in [2.45, 2.75) is 31.6 Å². The Bertz CT molecular complexity index is 409. The van der Waals surface area contributed by atoms with Gasteiger partial charge < -0.3 is 5.11 Å². The van der Waals surface area contributed by atoms with Crippen molar-refractivity contribution in [3.8, 4) is 0 Å². The molecule has 0 spiro atoms. The van der Waals surface area contributed by atoms with Gasteiger partial charge in [0, 0.05) is 0 Å². The molecule has 0 saturated heterocycles. The lowest BCUT2D eigenvalue weighted by atomic mass is 10.2. The van der Waals surface area contributed by atoms with E-state index >= 15 is 0 Å². The standard InChI is InChI=1S/C12H18O3S/c1-10(13)11(2)16(14,15)9-8-12-6-4-3-5-7-12/h3-7,10-11,13H,8-9H2,1-2H3. The minimum Gasteiger partial charge on any atom is -0.392 e. The van der Waals surface area contributed by atoms with Crippen LogP contribution in [0.2, 0.25) is 0 Å². The van der Waals surface area contributed by atoms with Crippen LogP contribution in [0.25, 0.3) is 0 Å². The molecule has 0 fully saturated rings. The summed E-state index contributed by atoms with van der Waals surface area (Å²) in [6, 6.07) is 9.49. The van der Waals surface area contributed by atoms with Crippen molar-refractivity contribution in [2.24, 2.45) is 0 Å². The molecule has 0 heterocycles. The summed E-state index contributed by atoms with van der Waals surface area (Å²) >= 11 is 0. The van der Waals surface area contributed by atoms with E-state index in [4.69, 9.17) is 0 Å². The Morgan fingerprint density at radius 2 is 1.75 bits per heavy atom. The maximum Gasteiger partial charge on any atom is 0.155 e. The lowest BCUT2D eigenvalue weighted by molar-refractivity contribution is 0.193. The van der Waals surface area contributed by atoms with Gasteiger partial charge in [0.15, 0.2) is 9.84 Å². The van der Waals surface area contributed by atoms with Gasteiger partial charge in [-0.25, -0.2) is 8.42 Å². The van der Waals surface area contributed by atoms with Gasteiger partial charge in [0.1, 0.15) is 0 Å². The van der Waals surface area contributed by atoms with E-state index in [1.165, 1.54) is 6.92 Å². The molecule has 3 nitrogen and oxygen atoms in total. The maximum atomic E-state index is 11.8. The second kappa shape index (κ2) is 5.46. The molecular weight excluding hydrogens is 224 g/mol. The highest BCUT2D eigenvalue weighted by molar-refractivity contribution is 7.92. The Morgan fingerprint density at radius 1 is 1.19 bits per heavy atom. The molecule has 0 aliphatic carbocycles. The van der Waals surface area contributed by atoms with Gasteiger partial charge in [0.2, 0.25) is 0 Å². The third kappa shape index (κ3) is 3.61. The summed E-state index contributed by atoms with van der Waals surface area (Å²) in [4.78, 5) is 0. The topological polar surface area (TPSA) is 54.4 Å². The normalized spacial score (nSPS) is 15.7. The Kier molecular flexibility index (Phi) is 4.50. The Morgan fingerprint density at radius 3 is 2.25 bits per heavy atom. The SMILES string of the molecule is CC(O)C(C)S(=O)(=O)CCc1ccccc1. The fraction of sp³-hybridized carbons (Fsp3) is 0.500. The Balaban J connectivity index is 2.62. The van der Waals surface area contributed by atoms with Gasteiger partial charge in [-0.3, -0.25) is 0 Å². The van der Waals surface area contributed by atoms with Gasteiger partial charge in [0.05, 0.1) is 17.1 Å². The van der Waals surface area contributed by atoms with Gasteiger partial charge >= 0.3 is 0 Å². The summed E-state index contributed by atoms with van der Waals surface area (Å²) in [5, 5.41) is 8.58. The van der Waals surface area contributed by atoms with Crippen molar-refractivity contribution >= 4 is 9.84 Å². The second-order valence-corrected chi connectivity index (χ2v) is 6.53. The summed E-state index contributed by atoms with van der Waals surface area (Å²) in [7, 11) is -3.21. The smallest absolute Gasteiger partial charge is 0.155 e. The largest absolute Gasteiger partial charge is 0.392 e. The van der Waals surface area contributed by atoms with E-state index < -0.39 is 21.2 Å². The van der Waals surface area contributed by atoms with Crippen molar-refractivity contribution in [2.75, 3.05) is 5.75 Å². The van der Waals surface area contributed by atoms with E-state index in [1.807, 2.05) is 30.3 Å². The number of aliphatic hydroxyl groups excluding tert-OH is 1. The molecular formula is C12H18O3S. The molecule has 0 saturated carbocycles. The van der Waals surface area contributed by atoms with E-state index in [0.29, 0.717) is 6.42 Å². The minimum absolute atomic E-state index is 0.0864. The van der Waals surface area contributed by atoms with Crippen LogP contribution in [0.5, 0.6) is 0 Å². The fourth-order valence-corrected chi connectivity index (χ4v) is 2.88. The molecule has 4 heteroatoms. The zero-order valence-corrected chi connectivity index (χ0v) is 10.4. The number of rotatable bonds is 5. The van der Waals surface area contributed by atoms with Crippen molar-refractivity contribution in [3.63, 3.8) is 0 Å². The summed E-state index contributed by atoms with van der Waals surface area (Å²) in [6.07, 6.45) is -0.318. The monoisotopic (exact) mass is 242 g/mol. The number of aryl methyl sites for hydroxylation is 1. The zero-order valence-electron chi connectivity index (χ0n) is 9.63.